The fourth-order valence-electron chi connectivity index (χ4n) is 1.29. The van der Waals surface area contributed by atoms with Crippen molar-refractivity contribution in [3.63, 3.8) is 0 Å². The number of alkyl halides is 3. The second kappa shape index (κ2) is 5.32. The minimum atomic E-state index is -4.48. The van der Waals surface area contributed by atoms with Gasteiger partial charge in [-0.15, -0.1) is 0 Å². The van der Waals surface area contributed by atoms with Gasteiger partial charge in [0.2, 0.25) is 0 Å². The first-order valence-corrected chi connectivity index (χ1v) is 4.92. The molecule has 1 N–H and O–H groups in total. The van der Waals surface area contributed by atoms with Gasteiger partial charge in [0.05, 0.1) is 5.56 Å². The van der Waals surface area contributed by atoms with Crippen LogP contribution in [-0.4, -0.2) is 11.7 Å². The average molecular weight is 234 g/mol. The first kappa shape index (κ1) is 13.0. The summed E-state index contributed by atoms with van der Waals surface area (Å²) in [6, 6.07) is 4.85. The minimum absolute atomic E-state index is 0.216. The van der Waals surface area contributed by atoms with Gasteiger partial charge in [0.1, 0.15) is 0 Å². The van der Waals surface area contributed by atoms with Gasteiger partial charge >= 0.3 is 6.18 Å². The molecule has 0 aliphatic rings. The van der Waals surface area contributed by atoms with Crippen LogP contribution in [-0.2, 0) is 10.9 Å². The van der Waals surface area contributed by atoms with Gasteiger partial charge in [0.25, 0.3) is 0 Å². The van der Waals surface area contributed by atoms with Gasteiger partial charge in [-0.2, -0.15) is 13.2 Å². The van der Waals surface area contributed by atoms with Crippen molar-refractivity contribution in [2.45, 2.75) is 25.8 Å². The Morgan fingerprint density at radius 3 is 2.50 bits per heavy atom. The Hall–Kier alpha value is -1.07. The van der Waals surface area contributed by atoms with Crippen LogP contribution in [0.5, 0.6) is 0 Å². The molecule has 2 nitrogen and oxygen atoms in total. The molecule has 1 aromatic rings. The van der Waals surface area contributed by atoms with Crippen LogP contribution in [0.1, 0.15) is 30.8 Å². The van der Waals surface area contributed by atoms with Crippen LogP contribution in [0.3, 0.4) is 0 Å². The average Bonchev–Trinajstić information content (AvgIpc) is 2.24. The van der Waals surface area contributed by atoms with Crippen molar-refractivity contribution in [2.24, 2.45) is 0 Å². The Labute approximate surface area is 91.7 Å². The number of aliphatic hydroxyl groups excluding tert-OH is 1. The Kier molecular flexibility index (Phi) is 4.32. The third-order valence-corrected chi connectivity index (χ3v) is 2.01. The van der Waals surface area contributed by atoms with Crippen LogP contribution in [0.15, 0.2) is 24.3 Å². The molecule has 0 aromatic heterocycles. The van der Waals surface area contributed by atoms with Gasteiger partial charge in [-0.25, -0.2) is 0 Å². The molecule has 1 atom stereocenters. The molecule has 0 saturated heterocycles. The second-order valence-corrected chi connectivity index (χ2v) is 3.31. The summed E-state index contributed by atoms with van der Waals surface area (Å²) in [5.41, 5.74) is -1.11. The number of halogens is 3. The molecule has 0 bridgehead atoms. The predicted molar refractivity (Wildman–Crippen MR) is 52.6 cm³/mol. The molecular weight excluding hydrogens is 221 g/mol. The number of rotatable bonds is 4. The van der Waals surface area contributed by atoms with E-state index < -0.39 is 18.0 Å². The lowest BCUT2D eigenvalue weighted by atomic mass is 10.1. The van der Waals surface area contributed by atoms with Crippen LogP contribution >= 0.6 is 0 Å². The molecule has 1 rings (SSSR count). The molecule has 0 amide bonds. The molecule has 16 heavy (non-hydrogen) atoms. The number of hydrogen-bond acceptors (Lipinski definition) is 2. The fraction of sp³-hybridized carbons (Fsp3) is 0.455. The lowest BCUT2D eigenvalue weighted by Crippen LogP contribution is -2.13. The molecule has 0 radical (unpaired) electrons. The second-order valence-electron chi connectivity index (χ2n) is 3.31. The Balaban J connectivity index is 2.94. The molecule has 1 aromatic carbocycles. The quantitative estimate of drug-likeness (QED) is 0.811. The van der Waals surface area contributed by atoms with E-state index in [1.165, 1.54) is 18.2 Å². The minimum Gasteiger partial charge on any atom is -0.364 e. The number of hydrogen-bond donors (Lipinski definition) is 1. The van der Waals surface area contributed by atoms with Crippen molar-refractivity contribution in [3.8, 4) is 0 Å². The molecule has 0 aliphatic heterocycles. The van der Waals surface area contributed by atoms with E-state index in [0.29, 0.717) is 6.42 Å². The molecule has 90 valence electrons. The highest BCUT2D eigenvalue weighted by atomic mass is 19.4. The van der Waals surface area contributed by atoms with Gasteiger partial charge in [-0.3, -0.25) is 0 Å². The fourth-order valence-corrected chi connectivity index (χ4v) is 1.29. The summed E-state index contributed by atoms with van der Waals surface area (Å²) in [4.78, 5) is 0. The summed E-state index contributed by atoms with van der Waals surface area (Å²) in [6.45, 7) is 2.02. The van der Waals surface area contributed by atoms with Gasteiger partial charge in [-0.05, 0) is 12.5 Å². The summed E-state index contributed by atoms with van der Waals surface area (Å²) in [5.74, 6) is 0. The molecule has 0 heterocycles. The lowest BCUT2D eigenvalue weighted by molar-refractivity contribution is -0.147. The van der Waals surface area contributed by atoms with Crippen molar-refractivity contribution in [1.29, 1.82) is 0 Å². The molecule has 5 heteroatoms. The van der Waals surface area contributed by atoms with E-state index in [9.17, 15) is 18.3 Å². The molecule has 0 fully saturated rings. The van der Waals surface area contributed by atoms with E-state index in [0.717, 1.165) is 6.07 Å². The van der Waals surface area contributed by atoms with Gasteiger partial charge in [-0.1, -0.05) is 25.1 Å². The summed E-state index contributed by atoms with van der Waals surface area (Å²) in [6.07, 6.45) is -5.38. The topological polar surface area (TPSA) is 29.5 Å². The maximum atomic E-state index is 12.6. The third-order valence-electron chi connectivity index (χ3n) is 2.01. The van der Waals surface area contributed by atoms with Crippen molar-refractivity contribution in [2.75, 3.05) is 6.61 Å². The summed E-state index contributed by atoms with van der Waals surface area (Å²) in [5, 5.41) is 9.47. The van der Waals surface area contributed by atoms with E-state index in [-0.39, 0.29) is 12.2 Å². The monoisotopic (exact) mass is 234 g/mol. The largest absolute Gasteiger partial charge is 0.416 e. The Bertz CT molecular complexity index is 336. The SMILES string of the molecule is CCCOC(O)c1ccccc1C(F)(F)F. The maximum Gasteiger partial charge on any atom is 0.416 e. The molecule has 0 aliphatic carbocycles. The first-order valence-electron chi connectivity index (χ1n) is 4.92. The van der Waals surface area contributed by atoms with Gasteiger partial charge < -0.3 is 9.84 Å². The van der Waals surface area contributed by atoms with E-state index >= 15 is 0 Å². The molecular formula is C11H13F3O2. The van der Waals surface area contributed by atoms with E-state index in [2.05, 4.69) is 0 Å². The van der Waals surface area contributed by atoms with Gasteiger partial charge in [0, 0.05) is 12.2 Å². The maximum absolute atomic E-state index is 12.6. The van der Waals surface area contributed by atoms with Crippen LogP contribution in [0, 0.1) is 0 Å². The van der Waals surface area contributed by atoms with Crippen molar-refractivity contribution < 1.29 is 23.0 Å². The lowest BCUT2D eigenvalue weighted by Gasteiger charge is -2.17. The number of aliphatic hydroxyl groups is 1. The zero-order valence-corrected chi connectivity index (χ0v) is 8.79. The standard InChI is InChI=1S/C11H13F3O2/c1-2-7-16-10(15)8-5-3-4-6-9(8)11(12,13)14/h3-6,10,15H,2,7H2,1H3. The highest BCUT2D eigenvalue weighted by Gasteiger charge is 2.34. The van der Waals surface area contributed by atoms with E-state index in [1.807, 2.05) is 6.92 Å². The van der Waals surface area contributed by atoms with Crippen LogP contribution < -0.4 is 0 Å². The highest BCUT2D eigenvalue weighted by molar-refractivity contribution is 5.30. The van der Waals surface area contributed by atoms with Crippen LogP contribution in [0.4, 0.5) is 13.2 Å². The van der Waals surface area contributed by atoms with Crippen molar-refractivity contribution in [1.82, 2.24) is 0 Å². The molecule has 0 spiro atoms. The zero-order chi connectivity index (χ0) is 12.2. The molecule has 1 unspecified atom stereocenters. The third kappa shape index (κ3) is 3.21. The zero-order valence-electron chi connectivity index (χ0n) is 8.79. The van der Waals surface area contributed by atoms with Gasteiger partial charge in [0.15, 0.2) is 6.29 Å². The Morgan fingerprint density at radius 1 is 1.31 bits per heavy atom. The van der Waals surface area contributed by atoms with Crippen LogP contribution in [0.25, 0.3) is 0 Å². The predicted octanol–water partition coefficient (Wildman–Crippen LogP) is 3.12. The highest BCUT2D eigenvalue weighted by Crippen LogP contribution is 2.34. The smallest absolute Gasteiger partial charge is 0.364 e. The number of ether oxygens (including phenoxy) is 1. The first-order chi connectivity index (χ1) is 7.46. The van der Waals surface area contributed by atoms with Crippen LogP contribution in [0.2, 0.25) is 0 Å². The van der Waals surface area contributed by atoms with E-state index in [1.54, 1.807) is 0 Å². The summed E-state index contributed by atoms with van der Waals surface area (Å²) in [7, 11) is 0. The summed E-state index contributed by atoms with van der Waals surface area (Å²) < 4.78 is 42.6. The normalized spacial score (nSPS) is 13.8. The van der Waals surface area contributed by atoms with E-state index in [4.69, 9.17) is 4.74 Å². The molecule has 0 saturated carbocycles. The Morgan fingerprint density at radius 2 is 1.94 bits per heavy atom. The van der Waals surface area contributed by atoms with Crippen molar-refractivity contribution >= 4 is 0 Å². The number of benzene rings is 1. The van der Waals surface area contributed by atoms with Crippen molar-refractivity contribution in [3.05, 3.63) is 35.4 Å². The summed E-state index contributed by atoms with van der Waals surface area (Å²) >= 11 is 0.